The first-order chi connectivity index (χ1) is 15.1. The fourth-order valence-corrected chi connectivity index (χ4v) is 3.95. The number of para-hydroxylation sites is 2. The highest BCUT2D eigenvalue weighted by molar-refractivity contribution is 5.71. The van der Waals surface area contributed by atoms with Crippen molar-refractivity contribution in [2.45, 2.75) is 13.0 Å². The first-order valence-electron chi connectivity index (χ1n) is 10.7. The van der Waals surface area contributed by atoms with Crippen LogP contribution in [0.1, 0.15) is 17.5 Å². The molecule has 0 aliphatic carbocycles. The zero-order valence-corrected chi connectivity index (χ0v) is 17.9. The summed E-state index contributed by atoms with van der Waals surface area (Å²) < 4.78 is 5.88. The maximum atomic E-state index is 9.76. The molecule has 0 spiro atoms. The van der Waals surface area contributed by atoms with E-state index in [2.05, 4.69) is 35.0 Å². The van der Waals surface area contributed by atoms with Gasteiger partial charge in [0.25, 0.3) is 0 Å². The summed E-state index contributed by atoms with van der Waals surface area (Å²) >= 11 is 0. The molecule has 0 unspecified atom stereocenters. The van der Waals surface area contributed by atoms with Crippen LogP contribution in [0, 0.1) is 11.3 Å². The highest BCUT2D eigenvalue weighted by atomic mass is 16.5. The van der Waals surface area contributed by atoms with Crippen LogP contribution >= 0.6 is 0 Å². The van der Waals surface area contributed by atoms with Gasteiger partial charge in [-0.05, 0) is 73.6 Å². The third kappa shape index (κ3) is 5.24. The molecule has 0 amide bonds. The third-order valence-corrected chi connectivity index (χ3v) is 5.73. The molecule has 1 aliphatic rings. The largest absolute Gasteiger partial charge is 0.455 e. The van der Waals surface area contributed by atoms with Crippen molar-refractivity contribution in [3.63, 3.8) is 0 Å². The van der Waals surface area contributed by atoms with E-state index in [1.165, 1.54) is 12.0 Å². The minimum absolute atomic E-state index is 0.602. The molecule has 0 aromatic heterocycles. The van der Waals surface area contributed by atoms with Crippen LogP contribution < -0.4 is 10.5 Å². The van der Waals surface area contributed by atoms with Gasteiger partial charge in [-0.15, -0.1) is 0 Å². The van der Waals surface area contributed by atoms with Crippen molar-refractivity contribution in [1.29, 1.82) is 5.26 Å². The Hall–Kier alpha value is -3.33. The average Bonchev–Trinajstić information content (AvgIpc) is 3.00. The number of ether oxygens (including phenoxy) is 1. The van der Waals surface area contributed by atoms with Crippen molar-refractivity contribution in [1.82, 2.24) is 9.80 Å². The van der Waals surface area contributed by atoms with Crippen LogP contribution in [0.15, 0.2) is 66.7 Å². The minimum atomic E-state index is 0.602. The molecule has 2 N–H and O–H groups in total. The number of nitrogen functional groups attached to an aromatic ring is 1. The van der Waals surface area contributed by atoms with Crippen molar-refractivity contribution in [3.8, 4) is 28.7 Å². The maximum absolute atomic E-state index is 9.76. The van der Waals surface area contributed by atoms with Crippen molar-refractivity contribution >= 4 is 5.69 Å². The van der Waals surface area contributed by atoms with Gasteiger partial charge < -0.3 is 15.4 Å². The van der Waals surface area contributed by atoms with Gasteiger partial charge in [-0.2, -0.15) is 5.26 Å². The lowest BCUT2D eigenvalue weighted by molar-refractivity contribution is 0.269. The smallest absolute Gasteiger partial charge is 0.150 e. The molecule has 5 heteroatoms. The predicted molar refractivity (Wildman–Crippen MR) is 125 cm³/mol. The highest BCUT2D eigenvalue weighted by Gasteiger charge is 2.14. The molecule has 3 aromatic carbocycles. The Morgan fingerprint density at radius 2 is 1.77 bits per heavy atom. The molecule has 0 saturated carbocycles. The fourth-order valence-electron chi connectivity index (χ4n) is 3.95. The van der Waals surface area contributed by atoms with Crippen molar-refractivity contribution < 1.29 is 4.74 Å². The van der Waals surface area contributed by atoms with E-state index >= 15 is 0 Å². The van der Waals surface area contributed by atoms with Gasteiger partial charge in [0.15, 0.2) is 0 Å². The van der Waals surface area contributed by atoms with Crippen LogP contribution in [0.4, 0.5) is 5.69 Å². The fraction of sp³-hybridized carbons (Fsp3) is 0.269. The quantitative estimate of drug-likeness (QED) is 0.613. The highest BCUT2D eigenvalue weighted by Crippen LogP contribution is 2.30. The normalized spacial score (nSPS) is 15.2. The van der Waals surface area contributed by atoms with Gasteiger partial charge in [-0.1, -0.05) is 36.4 Å². The second kappa shape index (κ2) is 9.65. The van der Waals surface area contributed by atoms with E-state index in [0.29, 0.717) is 22.7 Å². The van der Waals surface area contributed by atoms with Crippen molar-refractivity contribution in [3.05, 3.63) is 77.9 Å². The lowest BCUT2D eigenvalue weighted by Crippen LogP contribution is -2.28. The zero-order valence-electron chi connectivity index (χ0n) is 17.9. The van der Waals surface area contributed by atoms with E-state index in [1.54, 1.807) is 0 Å². The lowest BCUT2D eigenvalue weighted by Gasteiger charge is -2.20. The van der Waals surface area contributed by atoms with E-state index in [-0.39, 0.29) is 0 Å². The summed E-state index contributed by atoms with van der Waals surface area (Å²) in [6, 6.07) is 23.8. The SMILES string of the molecule is CN1CCCN(Cc2ccc(-c3ccc(Oc4ccccc4N)cc3)c(C#N)c2)CC1. The number of nitrogens with two attached hydrogens (primary N) is 1. The maximum Gasteiger partial charge on any atom is 0.150 e. The summed E-state index contributed by atoms with van der Waals surface area (Å²) in [6.07, 6.45) is 1.18. The van der Waals surface area contributed by atoms with Crippen LogP contribution in [0.2, 0.25) is 0 Å². The number of rotatable bonds is 5. The number of nitriles is 1. The Morgan fingerprint density at radius 1 is 0.968 bits per heavy atom. The molecular formula is C26H28N4O. The molecule has 3 aromatic rings. The summed E-state index contributed by atoms with van der Waals surface area (Å²) in [7, 11) is 2.18. The van der Waals surface area contributed by atoms with Gasteiger partial charge >= 0.3 is 0 Å². The molecule has 1 saturated heterocycles. The molecule has 158 valence electrons. The summed E-state index contributed by atoms with van der Waals surface area (Å²) in [5, 5.41) is 9.76. The van der Waals surface area contributed by atoms with Crippen LogP contribution in [0.5, 0.6) is 11.5 Å². The molecule has 1 fully saturated rings. The number of hydrogen-bond acceptors (Lipinski definition) is 5. The van der Waals surface area contributed by atoms with Gasteiger partial charge in [-0.3, -0.25) is 4.90 Å². The van der Waals surface area contributed by atoms with Gasteiger partial charge in [0, 0.05) is 19.6 Å². The molecule has 0 bridgehead atoms. The predicted octanol–water partition coefficient (Wildman–Crippen LogP) is 4.74. The van der Waals surface area contributed by atoms with E-state index in [1.807, 2.05) is 54.6 Å². The number of likely N-dealkylation sites (N-methyl/N-ethyl adjacent to an activating group) is 1. The standard InChI is InChI=1S/C26H28N4O/c1-29-13-4-14-30(16-15-29)19-20-7-12-24(22(17-20)18-27)21-8-10-23(11-9-21)31-26-6-3-2-5-25(26)28/h2-3,5-12,17H,4,13-16,19,28H2,1H3. The van der Waals surface area contributed by atoms with Crippen LogP contribution in [0.3, 0.4) is 0 Å². The minimum Gasteiger partial charge on any atom is -0.455 e. The number of anilines is 1. The number of nitrogens with zero attached hydrogens (tertiary/aromatic N) is 3. The van der Waals surface area contributed by atoms with Gasteiger partial charge in [0.2, 0.25) is 0 Å². The Kier molecular flexibility index (Phi) is 6.51. The summed E-state index contributed by atoms with van der Waals surface area (Å²) in [6.45, 7) is 5.28. The van der Waals surface area contributed by atoms with Gasteiger partial charge in [0.05, 0.1) is 17.3 Å². The lowest BCUT2D eigenvalue weighted by atomic mass is 9.98. The molecule has 0 radical (unpaired) electrons. The average molecular weight is 413 g/mol. The first-order valence-corrected chi connectivity index (χ1v) is 10.7. The number of benzene rings is 3. The van der Waals surface area contributed by atoms with Crippen LogP contribution in [-0.2, 0) is 6.54 Å². The van der Waals surface area contributed by atoms with Gasteiger partial charge in [0.1, 0.15) is 11.5 Å². The number of hydrogen-bond donors (Lipinski definition) is 1. The Labute approximate surface area is 184 Å². The van der Waals surface area contributed by atoms with Crippen LogP contribution in [-0.4, -0.2) is 43.0 Å². The molecule has 0 atom stereocenters. The Bertz CT molecular complexity index is 1070. The van der Waals surface area contributed by atoms with E-state index in [9.17, 15) is 5.26 Å². The van der Waals surface area contributed by atoms with Gasteiger partial charge in [-0.25, -0.2) is 0 Å². The molecular weight excluding hydrogens is 384 g/mol. The topological polar surface area (TPSA) is 65.5 Å². The Balaban J connectivity index is 1.49. The molecule has 5 nitrogen and oxygen atoms in total. The van der Waals surface area contributed by atoms with Crippen LogP contribution in [0.25, 0.3) is 11.1 Å². The molecule has 4 rings (SSSR count). The second-order valence-corrected chi connectivity index (χ2v) is 8.09. The zero-order chi connectivity index (χ0) is 21.6. The van der Waals surface area contributed by atoms with E-state index < -0.39 is 0 Å². The van der Waals surface area contributed by atoms with Crippen molar-refractivity contribution in [2.75, 3.05) is 39.0 Å². The Morgan fingerprint density at radius 3 is 2.55 bits per heavy atom. The van der Waals surface area contributed by atoms with E-state index in [4.69, 9.17) is 10.5 Å². The van der Waals surface area contributed by atoms with Crippen molar-refractivity contribution in [2.24, 2.45) is 0 Å². The summed E-state index contributed by atoms with van der Waals surface area (Å²) in [5.74, 6) is 1.35. The second-order valence-electron chi connectivity index (χ2n) is 8.09. The summed E-state index contributed by atoms with van der Waals surface area (Å²) in [4.78, 5) is 4.85. The molecule has 31 heavy (non-hydrogen) atoms. The summed E-state index contributed by atoms with van der Waals surface area (Å²) in [5.41, 5.74) is 10.4. The first kappa shape index (κ1) is 20.9. The monoisotopic (exact) mass is 412 g/mol. The third-order valence-electron chi connectivity index (χ3n) is 5.73. The molecule has 1 aliphatic heterocycles. The van der Waals surface area contributed by atoms with E-state index in [0.717, 1.165) is 43.9 Å². The molecule has 1 heterocycles.